The van der Waals surface area contributed by atoms with Gasteiger partial charge in [0.15, 0.2) is 0 Å². The van der Waals surface area contributed by atoms with E-state index in [0.29, 0.717) is 6.42 Å². The molecule has 1 amide bonds. The number of hydrogen-bond acceptors (Lipinski definition) is 2. The molecule has 0 aliphatic carbocycles. The monoisotopic (exact) mass is 254 g/mol. The van der Waals surface area contributed by atoms with Crippen LogP contribution in [0.25, 0.3) is 0 Å². The first-order chi connectivity index (χ1) is 8.06. The summed E-state index contributed by atoms with van der Waals surface area (Å²) in [5, 5.41) is 11.5. The highest BCUT2D eigenvalue weighted by atomic mass is 35.5. The maximum atomic E-state index is 13.0. The number of nitrogens with zero attached hydrogens (tertiary/aromatic N) is 1. The molecule has 0 aliphatic rings. The van der Waals surface area contributed by atoms with Crippen molar-refractivity contribution < 1.29 is 9.18 Å². The quantitative estimate of drug-likeness (QED) is 0.896. The molecule has 0 saturated heterocycles. The zero-order valence-electron chi connectivity index (χ0n) is 9.34. The van der Waals surface area contributed by atoms with Gasteiger partial charge in [0.1, 0.15) is 11.7 Å². The molecule has 0 spiro atoms. The lowest BCUT2D eigenvalue weighted by Crippen LogP contribution is -2.21. The summed E-state index contributed by atoms with van der Waals surface area (Å²) in [6, 6.07) is 5.65. The molecular weight excluding hydrogens is 243 g/mol. The van der Waals surface area contributed by atoms with Crippen LogP contribution in [-0.4, -0.2) is 5.91 Å². The van der Waals surface area contributed by atoms with Crippen LogP contribution in [0, 0.1) is 23.1 Å². The first-order valence-corrected chi connectivity index (χ1v) is 5.61. The highest BCUT2D eigenvalue weighted by Gasteiger charge is 2.17. The maximum absolute atomic E-state index is 13.0. The van der Waals surface area contributed by atoms with Crippen LogP contribution in [0.2, 0.25) is 5.02 Å². The Hall–Kier alpha value is -1.60. The fraction of sp³-hybridized carbons (Fsp3) is 0.333. The van der Waals surface area contributed by atoms with Gasteiger partial charge >= 0.3 is 0 Å². The van der Waals surface area contributed by atoms with Crippen molar-refractivity contribution in [3.05, 3.63) is 29.0 Å². The Morgan fingerprint density at radius 3 is 2.82 bits per heavy atom. The van der Waals surface area contributed by atoms with Crippen LogP contribution in [-0.2, 0) is 4.79 Å². The van der Waals surface area contributed by atoms with Gasteiger partial charge in [-0.05, 0) is 24.6 Å². The zero-order chi connectivity index (χ0) is 12.8. The Morgan fingerprint density at radius 2 is 2.29 bits per heavy atom. The highest BCUT2D eigenvalue weighted by molar-refractivity contribution is 6.30. The predicted octanol–water partition coefficient (Wildman–Crippen LogP) is 3.36. The van der Waals surface area contributed by atoms with Gasteiger partial charge in [-0.15, -0.1) is 0 Å². The SMILES string of the molecule is CCCC(C#N)C(=O)Nc1cc(F)cc(Cl)c1. The summed E-state index contributed by atoms with van der Waals surface area (Å²) in [4.78, 5) is 11.7. The van der Waals surface area contributed by atoms with Crippen molar-refractivity contribution >= 4 is 23.2 Å². The second-order valence-electron chi connectivity index (χ2n) is 3.62. The first-order valence-electron chi connectivity index (χ1n) is 5.23. The average Bonchev–Trinajstić information content (AvgIpc) is 2.24. The normalized spacial score (nSPS) is 11.6. The van der Waals surface area contributed by atoms with Crippen molar-refractivity contribution in [2.45, 2.75) is 19.8 Å². The van der Waals surface area contributed by atoms with Gasteiger partial charge in [0, 0.05) is 10.7 Å². The summed E-state index contributed by atoms with van der Waals surface area (Å²) in [6.45, 7) is 1.89. The number of carbonyl (C=O) groups is 1. The predicted molar refractivity (Wildman–Crippen MR) is 64.1 cm³/mol. The molecule has 0 aliphatic heterocycles. The minimum atomic E-state index is -0.720. The van der Waals surface area contributed by atoms with Gasteiger partial charge in [0.2, 0.25) is 5.91 Å². The molecule has 3 nitrogen and oxygen atoms in total. The Bertz CT molecular complexity index is 436. The van der Waals surface area contributed by atoms with Gasteiger partial charge in [0.05, 0.1) is 6.07 Å². The largest absolute Gasteiger partial charge is 0.325 e. The van der Waals surface area contributed by atoms with Gasteiger partial charge in [-0.3, -0.25) is 4.79 Å². The van der Waals surface area contributed by atoms with Crippen LogP contribution in [0.4, 0.5) is 10.1 Å². The van der Waals surface area contributed by atoms with E-state index in [0.717, 1.165) is 18.6 Å². The number of rotatable bonds is 4. The summed E-state index contributed by atoms with van der Waals surface area (Å²) in [7, 11) is 0. The van der Waals surface area contributed by atoms with E-state index in [1.807, 2.05) is 13.0 Å². The number of halogens is 2. The van der Waals surface area contributed by atoms with Crippen molar-refractivity contribution in [1.82, 2.24) is 0 Å². The number of anilines is 1. The average molecular weight is 255 g/mol. The molecule has 1 rings (SSSR count). The van der Waals surface area contributed by atoms with Crippen LogP contribution < -0.4 is 5.32 Å². The number of benzene rings is 1. The molecule has 0 radical (unpaired) electrons. The number of carbonyl (C=O) groups excluding carboxylic acids is 1. The molecule has 1 unspecified atom stereocenters. The second kappa shape index (κ2) is 6.21. The third-order valence-corrected chi connectivity index (χ3v) is 2.40. The van der Waals surface area contributed by atoms with Crippen molar-refractivity contribution in [3.8, 4) is 6.07 Å². The van der Waals surface area contributed by atoms with Gasteiger partial charge in [-0.2, -0.15) is 5.26 Å². The Morgan fingerprint density at radius 1 is 1.59 bits per heavy atom. The lowest BCUT2D eigenvalue weighted by Gasteiger charge is -2.09. The van der Waals surface area contributed by atoms with E-state index in [4.69, 9.17) is 16.9 Å². The first kappa shape index (κ1) is 13.5. The molecule has 0 heterocycles. The molecule has 17 heavy (non-hydrogen) atoms. The Balaban J connectivity index is 2.77. The lowest BCUT2D eigenvalue weighted by atomic mass is 10.0. The van der Waals surface area contributed by atoms with E-state index in [2.05, 4.69) is 5.32 Å². The fourth-order valence-electron chi connectivity index (χ4n) is 1.40. The lowest BCUT2D eigenvalue weighted by molar-refractivity contribution is -0.118. The number of hydrogen-bond donors (Lipinski definition) is 1. The van der Waals surface area contributed by atoms with Crippen molar-refractivity contribution in [1.29, 1.82) is 5.26 Å². The summed E-state index contributed by atoms with van der Waals surface area (Å²) in [6.07, 6.45) is 1.21. The van der Waals surface area contributed by atoms with Crippen LogP contribution in [0.1, 0.15) is 19.8 Å². The van der Waals surface area contributed by atoms with Crippen LogP contribution in [0.3, 0.4) is 0 Å². The maximum Gasteiger partial charge on any atom is 0.241 e. The molecule has 0 bridgehead atoms. The molecule has 90 valence electrons. The van der Waals surface area contributed by atoms with Crippen LogP contribution in [0.15, 0.2) is 18.2 Å². The molecule has 5 heteroatoms. The van der Waals surface area contributed by atoms with Crippen LogP contribution in [0.5, 0.6) is 0 Å². The molecule has 0 saturated carbocycles. The Labute approximate surface area is 104 Å². The number of nitrogens with one attached hydrogen (secondary N) is 1. The third-order valence-electron chi connectivity index (χ3n) is 2.18. The molecule has 0 aromatic heterocycles. The van der Waals surface area contributed by atoms with Crippen molar-refractivity contribution in [2.24, 2.45) is 5.92 Å². The standard InChI is InChI=1S/C12H12ClFN2O/c1-2-3-8(7-15)12(17)16-11-5-9(13)4-10(14)6-11/h4-6,8H,2-3H2,1H3,(H,16,17). The summed E-state index contributed by atoms with van der Waals surface area (Å²) in [5.41, 5.74) is 0.261. The third kappa shape index (κ3) is 4.04. The van der Waals surface area contributed by atoms with E-state index >= 15 is 0 Å². The van der Waals surface area contributed by atoms with E-state index in [-0.39, 0.29) is 10.7 Å². The second-order valence-corrected chi connectivity index (χ2v) is 4.05. The van der Waals surface area contributed by atoms with E-state index in [1.165, 1.54) is 6.07 Å². The summed E-state index contributed by atoms with van der Waals surface area (Å²) in [5.74, 6) is -1.69. The van der Waals surface area contributed by atoms with Gasteiger partial charge < -0.3 is 5.32 Å². The molecule has 0 fully saturated rings. The molecule has 1 aromatic rings. The smallest absolute Gasteiger partial charge is 0.241 e. The van der Waals surface area contributed by atoms with Gasteiger partial charge in [-0.1, -0.05) is 24.9 Å². The molecule has 1 N–H and O–H groups in total. The minimum Gasteiger partial charge on any atom is -0.325 e. The van der Waals surface area contributed by atoms with E-state index < -0.39 is 17.6 Å². The van der Waals surface area contributed by atoms with Crippen LogP contribution >= 0.6 is 11.6 Å². The number of amides is 1. The summed E-state index contributed by atoms with van der Waals surface area (Å²) < 4.78 is 13.0. The van der Waals surface area contributed by atoms with Crippen molar-refractivity contribution in [2.75, 3.05) is 5.32 Å². The molecule has 1 atom stereocenters. The van der Waals surface area contributed by atoms with E-state index in [9.17, 15) is 9.18 Å². The zero-order valence-corrected chi connectivity index (χ0v) is 10.1. The Kier molecular flexibility index (Phi) is 4.92. The summed E-state index contributed by atoms with van der Waals surface area (Å²) >= 11 is 5.65. The fourth-order valence-corrected chi connectivity index (χ4v) is 1.62. The van der Waals surface area contributed by atoms with Gasteiger partial charge in [-0.25, -0.2) is 4.39 Å². The highest BCUT2D eigenvalue weighted by Crippen LogP contribution is 2.19. The minimum absolute atomic E-state index is 0.198. The van der Waals surface area contributed by atoms with Crippen molar-refractivity contribution in [3.63, 3.8) is 0 Å². The number of nitriles is 1. The van der Waals surface area contributed by atoms with Gasteiger partial charge in [0.25, 0.3) is 0 Å². The molecular formula is C12H12ClFN2O. The topological polar surface area (TPSA) is 52.9 Å². The molecule has 1 aromatic carbocycles. The van der Waals surface area contributed by atoms with E-state index in [1.54, 1.807) is 0 Å².